The molecule has 2 aliphatic rings. The number of nitrogens with zero attached hydrogens (tertiary/aromatic N) is 5. The third kappa shape index (κ3) is 8.99. The summed E-state index contributed by atoms with van der Waals surface area (Å²) in [6, 6.07) is 18.4. The Balaban J connectivity index is 0.800. The number of aromatic nitrogens is 3. The van der Waals surface area contributed by atoms with Crippen LogP contribution in [-0.2, 0) is 48.0 Å². The van der Waals surface area contributed by atoms with E-state index in [1.54, 1.807) is 23.5 Å². The van der Waals surface area contributed by atoms with Crippen LogP contribution in [0.4, 0.5) is 5.82 Å². The molecule has 1 fully saturated rings. The largest absolute Gasteiger partial charge is 0.379 e. The van der Waals surface area contributed by atoms with E-state index in [4.69, 9.17) is 14.5 Å². The van der Waals surface area contributed by atoms with Gasteiger partial charge in [-0.15, -0.1) is 11.3 Å². The molecule has 0 spiro atoms. The molecular weight excluding hydrogens is 721 g/mol. The Hall–Kier alpha value is -5.70. The third-order valence-corrected chi connectivity index (χ3v) is 10.6. The van der Waals surface area contributed by atoms with E-state index in [1.165, 1.54) is 4.90 Å². The number of imide groups is 1. The average molecular weight is 761 g/mol. The summed E-state index contributed by atoms with van der Waals surface area (Å²) in [6.45, 7) is 0.882. The van der Waals surface area contributed by atoms with E-state index in [-0.39, 0.29) is 75.6 Å². The molecule has 13 nitrogen and oxygen atoms in total. The third-order valence-electron chi connectivity index (χ3n) is 9.52. The molecule has 3 aromatic heterocycles. The first-order chi connectivity index (χ1) is 26.6. The van der Waals surface area contributed by atoms with Gasteiger partial charge in [0.15, 0.2) is 5.78 Å². The minimum atomic E-state index is -0.685. The number of thiazole rings is 1. The molecule has 2 aromatic carbocycles. The number of hydrogen-bond donors (Lipinski definition) is 1. The van der Waals surface area contributed by atoms with Crippen molar-refractivity contribution < 1.29 is 33.4 Å². The number of fused-ring (bicyclic) bond motifs is 2. The lowest BCUT2D eigenvalue weighted by molar-refractivity contribution is -0.137. The number of pyridine rings is 2. The van der Waals surface area contributed by atoms with E-state index in [1.807, 2.05) is 79.9 Å². The number of nitrogens with one attached hydrogen (secondary N) is 1. The second kappa shape index (κ2) is 16.8. The number of ether oxygens (including phenoxy) is 2. The molecule has 0 radical (unpaired) electrons. The molecular formula is C41H40N6O7S. The lowest BCUT2D eigenvalue weighted by Gasteiger charge is -2.29. The molecule has 0 aliphatic carbocycles. The van der Waals surface area contributed by atoms with Crippen molar-refractivity contribution in [3.8, 4) is 21.8 Å². The summed E-state index contributed by atoms with van der Waals surface area (Å²) in [5.41, 5.74) is 6.48. The fourth-order valence-corrected chi connectivity index (χ4v) is 7.64. The molecule has 7 rings (SSSR count). The van der Waals surface area contributed by atoms with Crippen LogP contribution in [-0.4, -0.2) is 95.7 Å². The highest BCUT2D eigenvalue weighted by Crippen LogP contribution is 2.32. The monoisotopic (exact) mass is 760 g/mol. The van der Waals surface area contributed by atoms with Crippen LogP contribution in [0.3, 0.4) is 0 Å². The van der Waals surface area contributed by atoms with Crippen LogP contribution in [0.25, 0.3) is 32.0 Å². The minimum absolute atomic E-state index is 0.0596. The van der Waals surface area contributed by atoms with Crippen molar-refractivity contribution >= 4 is 56.7 Å². The van der Waals surface area contributed by atoms with Gasteiger partial charge in [-0.1, -0.05) is 18.2 Å². The Labute approximate surface area is 321 Å². The molecule has 282 valence electrons. The predicted octanol–water partition coefficient (Wildman–Crippen LogP) is 4.59. The number of hydrogen-bond acceptors (Lipinski definition) is 12. The summed E-state index contributed by atoms with van der Waals surface area (Å²) in [7, 11) is 3.90. The number of piperidine rings is 1. The quantitative estimate of drug-likeness (QED) is 0.111. The fraction of sp³-hybridized carbons (Fsp3) is 0.317. The maximum Gasteiger partial charge on any atom is 0.255 e. The van der Waals surface area contributed by atoms with Gasteiger partial charge in [0, 0.05) is 75.4 Å². The zero-order valence-electron chi connectivity index (χ0n) is 30.6. The van der Waals surface area contributed by atoms with Crippen LogP contribution in [0.1, 0.15) is 46.3 Å². The van der Waals surface area contributed by atoms with Gasteiger partial charge in [0.25, 0.3) is 5.91 Å². The maximum atomic E-state index is 12.9. The number of amides is 3. The number of anilines is 1. The second-order valence-corrected chi connectivity index (χ2v) is 14.8. The van der Waals surface area contributed by atoms with E-state index < -0.39 is 11.9 Å². The maximum absolute atomic E-state index is 12.9. The summed E-state index contributed by atoms with van der Waals surface area (Å²) >= 11 is 1.56. The van der Waals surface area contributed by atoms with Crippen LogP contribution in [0.2, 0.25) is 0 Å². The number of benzene rings is 2. The lowest BCUT2D eigenvalue weighted by Crippen LogP contribution is -2.52. The van der Waals surface area contributed by atoms with Crippen molar-refractivity contribution in [3.05, 3.63) is 95.3 Å². The van der Waals surface area contributed by atoms with Gasteiger partial charge in [-0.05, 0) is 65.6 Å². The molecule has 1 atom stereocenters. The highest BCUT2D eigenvalue weighted by atomic mass is 32.1. The molecule has 0 bridgehead atoms. The molecule has 2 aliphatic heterocycles. The topological polar surface area (TPSA) is 161 Å². The first-order valence-electron chi connectivity index (χ1n) is 18.1. The van der Waals surface area contributed by atoms with Gasteiger partial charge in [-0.2, -0.15) is 0 Å². The van der Waals surface area contributed by atoms with Crippen molar-refractivity contribution in [2.45, 2.75) is 44.7 Å². The van der Waals surface area contributed by atoms with Crippen LogP contribution in [0, 0.1) is 0 Å². The first-order valence-corrected chi connectivity index (χ1v) is 18.9. The smallest absolute Gasteiger partial charge is 0.255 e. The van der Waals surface area contributed by atoms with Crippen molar-refractivity contribution in [2.75, 3.05) is 45.4 Å². The molecule has 55 heavy (non-hydrogen) atoms. The number of carbonyl (C=O) groups excluding carboxylic acids is 5. The standard InChI is InChI=1S/C41H40N6O7S/c1-46(2)37-11-6-27(21-43-37)33-9-5-28(22-42-33)40-44-34-8-4-26(20-36(34)55-40)18-30(48)13-14-53-15-16-54-24-31(49)19-25-3-7-32-29(17-25)23-47(41(32)52)35-10-12-38(50)45-39(35)51/h3-9,11,17,20-22,35H,10,12-16,18-19,23-24H2,1-2H3,(H,45,50,51). The highest BCUT2D eigenvalue weighted by molar-refractivity contribution is 7.21. The van der Waals surface area contributed by atoms with Gasteiger partial charge in [-0.3, -0.25) is 34.3 Å². The Morgan fingerprint density at radius 1 is 0.873 bits per heavy atom. The number of rotatable bonds is 16. The average Bonchev–Trinajstić information content (AvgIpc) is 3.74. The van der Waals surface area contributed by atoms with Crippen molar-refractivity contribution in [3.63, 3.8) is 0 Å². The number of carbonyl (C=O) groups is 5. The Morgan fingerprint density at radius 3 is 2.40 bits per heavy atom. The van der Waals surface area contributed by atoms with E-state index in [0.29, 0.717) is 18.4 Å². The van der Waals surface area contributed by atoms with Crippen LogP contribution >= 0.6 is 11.3 Å². The summed E-state index contributed by atoms with van der Waals surface area (Å²) in [5.74, 6) is -0.227. The molecule has 3 amide bonds. The van der Waals surface area contributed by atoms with Gasteiger partial charge in [0.2, 0.25) is 11.8 Å². The minimum Gasteiger partial charge on any atom is -0.379 e. The Kier molecular flexibility index (Phi) is 11.5. The van der Waals surface area contributed by atoms with Gasteiger partial charge in [0.05, 0.1) is 35.7 Å². The van der Waals surface area contributed by atoms with E-state index in [9.17, 15) is 24.0 Å². The zero-order valence-corrected chi connectivity index (χ0v) is 31.4. The van der Waals surface area contributed by atoms with Gasteiger partial charge >= 0.3 is 0 Å². The van der Waals surface area contributed by atoms with E-state index in [2.05, 4.69) is 15.3 Å². The zero-order chi connectivity index (χ0) is 38.5. The van der Waals surface area contributed by atoms with Gasteiger partial charge < -0.3 is 19.3 Å². The van der Waals surface area contributed by atoms with Crippen LogP contribution in [0.5, 0.6) is 0 Å². The summed E-state index contributed by atoms with van der Waals surface area (Å²) in [4.78, 5) is 79.3. The predicted molar refractivity (Wildman–Crippen MR) is 207 cm³/mol. The normalized spacial score (nSPS) is 15.3. The first kappa shape index (κ1) is 37.6. The number of Topliss-reactive ketones (excluding diaryl/α,β-unsaturated/α-hetero) is 2. The molecule has 14 heteroatoms. The molecule has 5 heterocycles. The van der Waals surface area contributed by atoms with Gasteiger partial charge in [-0.25, -0.2) is 9.97 Å². The summed E-state index contributed by atoms with van der Waals surface area (Å²) in [6.07, 6.45) is 4.82. The summed E-state index contributed by atoms with van der Waals surface area (Å²) in [5, 5.41) is 3.16. The van der Waals surface area contributed by atoms with Gasteiger partial charge in [0.1, 0.15) is 29.3 Å². The highest BCUT2D eigenvalue weighted by Gasteiger charge is 2.39. The summed E-state index contributed by atoms with van der Waals surface area (Å²) < 4.78 is 12.1. The van der Waals surface area contributed by atoms with E-state index in [0.717, 1.165) is 54.6 Å². The van der Waals surface area contributed by atoms with Crippen molar-refractivity contribution in [1.29, 1.82) is 0 Å². The molecule has 1 unspecified atom stereocenters. The molecule has 1 saturated heterocycles. The van der Waals surface area contributed by atoms with Crippen molar-refractivity contribution in [1.82, 2.24) is 25.2 Å². The lowest BCUT2D eigenvalue weighted by atomic mass is 10.0. The Morgan fingerprint density at radius 2 is 1.64 bits per heavy atom. The van der Waals surface area contributed by atoms with Crippen molar-refractivity contribution in [2.24, 2.45) is 0 Å². The molecule has 0 saturated carbocycles. The van der Waals surface area contributed by atoms with Crippen LogP contribution < -0.4 is 10.2 Å². The molecule has 1 N–H and O–H groups in total. The SMILES string of the molecule is CN(C)c1ccc(-c2ccc(-c3nc4ccc(CC(=O)CCOCCOCC(=O)Cc5ccc6c(c5)CN(C5CCC(=O)NC5=O)C6=O)cc4s3)cn2)cn1. The Bertz CT molecular complexity index is 2250. The van der Waals surface area contributed by atoms with Crippen LogP contribution in [0.15, 0.2) is 73.1 Å². The fourth-order valence-electron chi connectivity index (χ4n) is 6.62. The molecule has 5 aromatic rings. The number of ketones is 2. The second-order valence-electron chi connectivity index (χ2n) is 13.8. The van der Waals surface area contributed by atoms with E-state index >= 15 is 0 Å².